The lowest BCUT2D eigenvalue weighted by atomic mass is 10.4. The van der Waals surface area contributed by atoms with Crippen LogP contribution in [0, 0.1) is 0 Å². The van der Waals surface area contributed by atoms with Gasteiger partial charge in [-0.2, -0.15) is 18.2 Å². The number of anilines is 1. The fourth-order valence-corrected chi connectivity index (χ4v) is 0.563. The lowest BCUT2D eigenvalue weighted by molar-refractivity contribution is -0.141. The van der Waals surface area contributed by atoms with Crippen LogP contribution in [0.1, 0.15) is 5.69 Å². The number of halogens is 3. The van der Waals surface area contributed by atoms with Crippen LogP contribution in [0.5, 0.6) is 0 Å². The molecule has 0 aliphatic rings. The van der Waals surface area contributed by atoms with Gasteiger partial charge in [0.1, 0.15) is 0 Å². The zero-order valence-corrected chi connectivity index (χ0v) is 5.55. The second kappa shape index (κ2) is 2.50. The molecule has 0 saturated heterocycles. The quantitative estimate of drug-likeness (QED) is 0.635. The molecule has 4 nitrogen and oxygen atoms in total. The van der Waals surface area contributed by atoms with Crippen LogP contribution in [-0.4, -0.2) is 4.98 Å². The highest BCUT2D eigenvalue weighted by molar-refractivity contribution is 5.14. The Bertz CT molecular complexity index is 343. The van der Waals surface area contributed by atoms with Crippen molar-refractivity contribution in [1.29, 1.82) is 0 Å². The summed E-state index contributed by atoms with van der Waals surface area (Å²) in [6, 6.07) is -0.564. The monoisotopic (exact) mass is 180 g/mol. The van der Waals surface area contributed by atoms with Gasteiger partial charge in [-0.1, -0.05) is 0 Å². The topological polar surface area (TPSA) is 69.1 Å². The Morgan fingerprint density at radius 2 is 2.08 bits per heavy atom. The molecule has 0 aliphatic heterocycles. The Morgan fingerprint density at radius 1 is 1.50 bits per heavy atom. The number of hydrogen-bond acceptors (Lipinski definition) is 4. The Hall–Kier alpha value is -1.53. The summed E-state index contributed by atoms with van der Waals surface area (Å²) in [6.07, 6.45) is -4.68. The summed E-state index contributed by atoms with van der Waals surface area (Å²) in [4.78, 5) is 13.2. The Kier molecular flexibility index (Phi) is 1.79. The van der Waals surface area contributed by atoms with Gasteiger partial charge in [0, 0.05) is 0 Å². The van der Waals surface area contributed by atoms with E-state index in [0.717, 1.165) is 0 Å². The molecule has 0 radical (unpaired) electrons. The van der Waals surface area contributed by atoms with Crippen LogP contribution < -0.4 is 11.4 Å². The van der Waals surface area contributed by atoms with Crippen LogP contribution in [0.3, 0.4) is 0 Å². The maximum absolute atomic E-state index is 11.8. The summed E-state index contributed by atoms with van der Waals surface area (Å²) < 4.78 is 39.6. The highest BCUT2D eigenvalue weighted by atomic mass is 19.4. The van der Waals surface area contributed by atoms with Crippen molar-refractivity contribution in [3.8, 4) is 0 Å². The van der Waals surface area contributed by atoms with Crippen LogP contribution in [-0.2, 0) is 6.18 Å². The summed E-state index contributed by atoms with van der Waals surface area (Å²) >= 11 is 0. The molecular weight excluding hydrogens is 177 g/mol. The van der Waals surface area contributed by atoms with Gasteiger partial charge in [-0.25, -0.2) is 4.79 Å². The first kappa shape index (κ1) is 8.57. The minimum Gasteiger partial charge on any atom is -0.389 e. The number of aromatic nitrogens is 1. The highest BCUT2D eigenvalue weighted by Gasteiger charge is 2.33. The lowest BCUT2D eigenvalue weighted by Gasteiger charge is -2.03. The molecule has 1 aromatic rings. The van der Waals surface area contributed by atoms with Gasteiger partial charge in [0.15, 0.2) is 5.69 Å². The molecule has 0 atom stereocenters. The third-order valence-electron chi connectivity index (χ3n) is 0.981. The molecule has 66 valence electrons. The maximum atomic E-state index is 11.8. The predicted octanol–water partition coefficient (Wildman–Crippen LogP) is 0.636. The molecule has 0 aromatic carbocycles. The average Bonchev–Trinajstić information content (AvgIpc) is 1.82. The predicted molar refractivity (Wildman–Crippen MR) is 32.2 cm³/mol. The SMILES string of the molecule is Nc1nc(C(F)(F)F)cc(=O)o1. The molecule has 1 heterocycles. The Balaban J connectivity index is 3.27. The van der Waals surface area contributed by atoms with Gasteiger partial charge >= 0.3 is 11.8 Å². The molecule has 1 aromatic heterocycles. The van der Waals surface area contributed by atoms with Crippen molar-refractivity contribution in [1.82, 2.24) is 4.98 Å². The average molecular weight is 180 g/mol. The van der Waals surface area contributed by atoms with Crippen molar-refractivity contribution < 1.29 is 17.6 Å². The zero-order chi connectivity index (χ0) is 9.35. The van der Waals surface area contributed by atoms with Crippen LogP contribution >= 0.6 is 0 Å². The number of hydrogen-bond donors (Lipinski definition) is 1. The third kappa shape index (κ3) is 1.74. The van der Waals surface area contributed by atoms with Crippen molar-refractivity contribution in [3.63, 3.8) is 0 Å². The van der Waals surface area contributed by atoms with Crippen LogP contribution in [0.2, 0.25) is 0 Å². The van der Waals surface area contributed by atoms with Gasteiger partial charge in [0.05, 0.1) is 6.07 Å². The molecule has 0 unspecified atom stereocenters. The van der Waals surface area contributed by atoms with E-state index in [9.17, 15) is 18.0 Å². The standard InChI is InChI=1S/C5H3F3N2O2/c6-5(7,8)2-1-3(11)12-4(9)10-2/h1H,(H2,9,10). The third-order valence-corrected chi connectivity index (χ3v) is 0.981. The van der Waals surface area contributed by atoms with Crippen molar-refractivity contribution in [2.45, 2.75) is 6.18 Å². The van der Waals surface area contributed by atoms with Crippen molar-refractivity contribution in [3.05, 3.63) is 22.2 Å². The van der Waals surface area contributed by atoms with Crippen molar-refractivity contribution >= 4 is 6.01 Å². The lowest BCUT2D eigenvalue weighted by Crippen LogP contribution is -2.14. The first-order valence-corrected chi connectivity index (χ1v) is 2.74. The molecule has 0 fully saturated rings. The summed E-state index contributed by atoms with van der Waals surface area (Å²) in [7, 11) is 0. The smallest absolute Gasteiger partial charge is 0.389 e. The summed E-state index contributed by atoms with van der Waals surface area (Å²) in [6.45, 7) is 0. The molecule has 0 aliphatic carbocycles. The van der Waals surface area contributed by atoms with Crippen molar-refractivity contribution in [2.75, 3.05) is 5.73 Å². The summed E-state index contributed by atoms with van der Waals surface area (Å²) in [5, 5.41) is 0. The summed E-state index contributed by atoms with van der Waals surface area (Å²) in [5.41, 5.74) is 2.26. The largest absolute Gasteiger partial charge is 0.433 e. The van der Waals surface area contributed by atoms with E-state index in [0.29, 0.717) is 0 Å². The number of nitrogens with two attached hydrogens (primary N) is 1. The van der Waals surface area contributed by atoms with Gasteiger partial charge in [-0.3, -0.25) is 0 Å². The van der Waals surface area contributed by atoms with Crippen LogP contribution in [0.4, 0.5) is 19.2 Å². The Labute approximate surface area is 63.8 Å². The number of alkyl halides is 3. The fourth-order valence-electron chi connectivity index (χ4n) is 0.563. The molecule has 12 heavy (non-hydrogen) atoms. The first-order valence-electron chi connectivity index (χ1n) is 2.74. The van der Waals surface area contributed by atoms with E-state index < -0.39 is 23.5 Å². The maximum Gasteiger partial charge on any atom is 0.433 e. The molecular formula is C5H3F3N2O2. The molecule has 0 bridgehead atoms. The van der Waals surface area contributed by atoms with E-state index in [4.69, 9.17) is 5.73 Å². The van der Waals surface area contributed by atoms with Gasteiger partial charge in [-0.05, 0) is 0 Å². The molecule has 0 spiro atoms. The Morgan fingerprint density at radius 3 is 2.50 bits per heavy atom. The normalized spacial score (nSPS) is 11.6. The summed E-state index contributed by atoms with van der Waals surface area (Å²) in [5.74, 6) is 0. The number of nitrogens with zero attached hydrogens (tertiary/aromatic N) is 1. The number of nitrogen functional groups attached to an aromatic ring is 1. The zero-order valence-electron chi connectivity index (χ0n) is 5.55. The fraction of sp³-hybridized carbons (Fsp3) is 0.200. The van der Waals surface area contributed by atoms with E-state index >= 15 is 0 Å². The van der Waals surface area contributed by atoms with E-state index in [2.05, 4.69) is 9.40 Å². The van der Waals surface area contributed by atoms with Crippen LogP contribution in [0.25, 0.3) is 0 Å². The minimum atomic E-state index is -4.68. The van der Waals surface area contributed by atoms with Gasteiger partial charge < -0.3 is 10.2 Å². The molecule has 7 heteroatoms. The van der Waals surface area contributed by atoms with Crippen molar-refractivity contribution in [2.24, 2.45) is 0 Å². The molecule has 0 amide bonds. The van der Waals surface area contributed by atoms with E-state index in [1.807, 2.05) is 0 Å². The second-order valence-corrected chi connectivity index (χ2v) is 1.90. The van der Waals surface area contributed by atoms with Gasteiger partial charge in [-0.15, -0.1) is 0 Å². The molecule has 2 N–H and O–H groups in total. The van der Waals surface area contributed by atoms with E-state index in [-0.39, 0.29) is 6.07 Å². The number of rotatable bonds is 0. The van der Waals surface area contributed by atoms with E-state index in [1.165, 1.54) is 0 Å². The first-order chi connectivity index (χ1) is 5.39. The minimum absolute atomic E-state index is 0.232. The second-order valence-electron chi connectivity index (χ2n) is 1.90. The van der Waals surface area contributed by atoms with Gasteiger partial charge in [0.25, 0.3) is 6.01 Å². The highest BCUT2D eigenvalue weighted by Crippen LogP contribution is 2.26. The van der Waals surface area contributed by atoms with Crippen LogP contribution in [0.15, 0.2) is 15.3 Å². The molecule has 1 rings (SSSR count). The molecule has 0 saturated carbocycles. The van der Waals surface area contributed by atoms with Gasteiger partial charge in [0.2, 0.25) is 0 Å². The van der Waals surface area contributed by atoms with E-state index in [1.54, 1.807) is 0 Å².